The van der Waals surface area contributed by atoms with Gasteiger partial charge in [-0.2, -0.15) is 0 Å². The maximum absolute atomic E-state index is 5.87. The monoisotopic (exact) mass is 353 g/mol. The minimum absolute atomic E-state index is 0.389. The lowest BCUT2D eigenvalue weighted by atomic mass is 9.90. The van der Waals surface area contributed by atoms with E-state index in [1.807, 2.05) is 0 Å². The van der Waals surface area contributed by atoms with Crippen LogP contribution in [-0.4, -0.2) is 31.9 Å². The number of rotatable bonds is 5. The summed E-state index contributed by atoms with van der Waals surface area (Å²) in [5.41, 5.74) is 2.66. The second kappa shape index (κ2) is 6.67. The molecule has 0 saturated carbocycles. The van der Waals surface area contributed by atoms with Crippen LogP contribution in [0.5, 0.6) is 5.75 Å². The van der Waals surface area contributed by atoms with Crippen LogP contribution < -0.4 is 10.1 Å². The van der Waals surface area contributed by atoms with Crippen LogP contribution in [0.3, 0.4) is 0 Å². The van der Waals surface area contributed by atoms with Crippen LogP contribution in [-0.2, 0) is 17.6 Å². The summed E-state index contributed by atoms with van der Waals surface area (Å²) in [7, 11) is 0. The van der Waals surface area contributed by atoms with E-state index in [-0.39, 0.29) is 0 Å². The highest BCUT2D eigenvalue weighted by molar-refractivity contribution is 9.10. The van der Waals surface area contributed by atoms with Gasteiger partial charge >= 0.3 is 0 Å². The molecular weight excluding hydrogens is 330 g/mol. The zero-order chi connectivity index (χ0) is 14.8. The van der Waals surface area contributed by atoms with Crippen molar-refractivity contribution in [3.8, 4) is 5.75 Å². The van der Waals surface area contributed by atoms with E-state index in [9.17, 15) is 0 Å². The molecule has 0 spiro atoms. The Balaban J connectivity index is 1.80. The first-order chi connectivity index (χ1) is 10.2. The molecule has 21 heavy (non-hydrogen) atoms. The van der Waals surface area contributed by atoms with Gasteiger partial charge in [-0.25, -0.2) is 0 Å². The van der Waals surface area contributed by atoms with Crippen LogP contribution in [0.25, 0.3) is 0 Å². The Morgan fingerprint density at radius 2 is 2.29 bits per heavy atom. The van der Waals surface area contributed by atoms with Gasteiger partial charge in [0, 0.05) is 22.9 Å². The molecule has 3 unspecified atom stereocenters. The smallest absolute Gasteiger partial charge is 0.125 e. The third-order valence-electron chi connectivity index (χ3n) is 4.53. The first kappa shape index (κ1) is 15.3. The van der Waals surface area contributed by atoms with Gasteiger partial charge < -0.3 is 14.8 Å². The van der Waals surface area contributed by atoms with E-state index in [1.54, 1.807) is 0 Å². The molecule has 3 atom stereocenters. The standard InChI is InChI=1S/C17H24BrNO2/c1-3-19-16(14-6-11(2)21-10-14)9-13-8-15(18)7-12-4-5-20-17(12)13/h7-8,11,14,16,19H,3-6,9-10H2,1-2H3. The molecule has 1 fully saturated rings. The maximum Gasteiger partial charge on any atom is 0.125 e. The molecule has 1 N–H and O–H groups in total. The SMILES string of the molecule is CCNC(Cc1cc(Br)cc2c1OCC2)C1COC(C)C1. The van der Waals surface area contributed by atoms with E-state index in [1.165, 1.54) is 11.1 Å². The van der Waals surface area contributed by atoms with Crippen molar-refractivity contribution in [3.05, 3.63) is 27.7 Å². The summed E-state index contributed by atoms with van der Waals surface area (Å²) < 4.78 is 12.8. The van der Waals surface area contributed by atoms with E-state index in [2.05, 4.69) is 47.2 Å². The van der Waals surface area contributed by atoms with Crippen molar-refractivity contribution in [1.82, 2.24) is 5.32 Å². The Kier molecular flexibility index (Phi) is 4.87. The number of fused-ring (bicyclic) bond motifs is 1. The number of likely N-dealkylation sites (N-methyl/N-ethyl adjacent to an activating group) is 1. The summed E-state index contributed by atoms with van der Waals surface area (Å²) in [5, 5.41) is 3.65. The molecule has 0 aromatic heterocycles. The van der Waals surface area contributed by atoms with Crippen LogP contribution >= 0.6 is 15.9 Å². The third-order valence-corrected chi connectivity index (χ3v) is 4.99. The Hall–Kier alpha value is -0.580. The molecule has 4 heteroatoms. The van der Waals surface area contributed by atoms with E-state index in [0.29, 0.717) is 18.1 Å². The second-order valence-corrected chi connectivity index (χ2v) is 7.08. The summed E-state index contributed by atoms with van der Waals surface area (Å²) in [5.74, 6) is 1.71. The fraction of sp³-hybridized carbons (Fsp3) is 0.647. The van der Waals surface area contributed by atoms with Crippen LogP contribution in [0.2, 0.25) is 0 Å². The molecule has 0 amide bonds. The molecule has 1 aromatic rings. The predicted molar refractivity (Wildman–Crippen MR) is 88.0 cm³/mol. The van der Waals surface area contributed by atoms with E-state index < -0.39 is 0 Å². The maximum atomic E-state index is 5.87. The van der Waals surface area contributed by atoms with Crippen LogP contribution in [0.15, 0.2) is 16.6 Å². The summed E-state index contributed by atoms with van der Waals surface area (Å²) >= 11 is 3.64. The molecule has 1 saturated heterocycles. The van der Waals surface area contributed by atoms with Crippen molar-refractivity contribution in [1.29, 1.82) is 0 Å². The Bertz CT molecular complexity index is 506. The average Bonchev–Trinajstić information content (AvgIpc) is 3.06. The van der Waals surface area contributed by atoms with Gasteiger partial charge in [-0.1, -0.05) is 22.9 Å². The van der Waals surface area contributed by atoms with Gasteiger partial charge in [-0.05, 0) is 49.6 Å². The molecule has 0 radical (unpaired) electrons. The fourth-order valence-corrected chi connectivity index (χ4v) is 4.09. The minimum Gasteiger partial charge on any atom is -0.493 e. The molecular formula is C17H24BrNO2. The van der Waals surface area contributed by atoms with Gasteiger partial charge in [0.1, 0.15) is 5.75 Å². The van der Waals surface area contributed by atoms with Crippen LogP contribution in [0, 0.1) is 5.92 Å². The second-order valence-electron chi connectivity index (χ2n) is 6.16. The number of nitrogens with one attached hydrogen (secondary N) is 1. The van der Waals surface area contributed by atoms with Gasteiger partial charge in [0.25, 0.3) is 0 Å². The van der Waals surface area contributed by atoms with Crippen LogP contribution in [0.1, 0.15) is 31.4 Å². The molecule has 2 aliphatic rings. The minimum atomic E-state index is 0.389. The molecule has 2 aliphatic heterocycles. The van der Waals surface area contributed by atoms with Crippen molar-refractivity contribution in [3.63, 3.8) is 0 Å². The zero-order valence-corrected chi connectivity index (χ0v) is 14.4. The van der Waals surface area contributed by atoms with E-state index in [0.717, 1.165) is 49.2 Å². The number of halogens is 1. The average molecular weight is 354 g/mol. The van der Waals surface area contributed by atoms with Crippen molar-refractivity contribution < 1.29 is 9.47 Å². The third kappa shape index (κ3) is 3.43. The lowest BCUT2D eigenvalue weighted by Gasteiger charge is -2.24. The van der Waals surface area contributed by atoms with E-state index >= 15 is 0 Å². The Morgan fingerprint density at radius 3 is 3.00 bits per heavy atom. The predicted octanol–water partition coefficient (Wildman–Crippen LogP) is 3.33. The fourth-order valence-electron chi connectivity index (χ4n) is 3.53. The van der Waals surface area contributed by atoms with Crippen molar-refractivity contribution in [2.75, 3.05) is 19.8 Å². The summed E-state index contributed by atoms with van der Waals surface area (Å²) in [4.78, 5) is 0. The molecule has 0 bridgehead atoms. The molecule has 3 nitrogen and oxygen atoms in total. The molecule has 3 rings (SSSR count). The highest BCUT2D eigenvalue weighted by atomic mass is 79.9. The molecule has 0 aliphatic carbocycles. The molecule has 2 heterocycles. The zero-order valence-electron chi connectivity index (χ0n) is 12.8. The van der Waals surface area contributed by atoms with E-state index in [4.69, 9.17) is 9.47 Å². The largest absolute Gasteiger partial charge is 0.493 e. The Labute approximate surface area is 135 Å². The van der Waals surface area contributed by atoms with Crippen molar-refractivity contribution >= 4 is 15.9 Å². The highest BCUT2D eigenvalue weighted by Crippen LogP contribution is 2.35. The first-order valence-corrected chi connectivity index (χ1v) is 8.75. The number of ether oxygens (including phenoxy) is 2. The first-order valence-electron chi connectivity index (χ1n) is 7.96. The topological polar surface area (TPSA) is 30.5 Å². The van der Waals surface area contributed by atoms with Gasteiger partial charge in [0.05, 0.1) is 19.3 Å². The molecule has 1 aromatic carbocycles. The van der Waals surface area contributed by atoms with Gasteiger partial charge in [-0.15, -0.1) is 0 Å². The van der Waals surface area contributed by atoms with Crippen LogP contribution in [0.4, 0.5) is 0 Å². The number of benzene rings is 1. The highest BCUT2D eigenvalue weighted by Gasteiger charge is 2.30. The summed E-state index contributed by atoms with van der Waals surface area (Å²) in [6, 6.07) is 4.87. The summed E-state index contributed by atoms with van der Waals surface area (Å²) in [6.45, 7) is 7.02. The summed E-state index contributed by atoms with van der Waals surface area (Å²) in [6.07, 6.45) is 3.57. The molecule has 116 valence electrons. The van der Waals surface area contributed by atoms with Gasteiger partial charge in [-0.3, -0.25) is 0 Å². The lowest BCUT2D eigenvalue weighted by Crippen LogP contribution is -2.38. The normalized spacial score (nSPS) is 25.7. The number of hydrogen-bond donors (Lipinski definition) is 1. The Morgan fingerprint density at radius 1 is 1.43 bits per heavy atom. The van der Waals surface area contributed by atoms with Crippen molar-refractivity contribution in [2.24, 2.45) is 5.92 Å². The van der Waals surface area contributed by atoms with Crippen molar-refractivity contribution in [2.45, 2.75) is 45.3 Å². The van der Waals surface area contributed by atoms with Gasteiger partial charge in [0.15, 0.2) is 0 Å². The van der Waals surface area contributed by atoms with Gasteiger partial charge in [0.2, 0.25) is 0 Å². The number of hydrogen-bond acceptors (Lipinski definition) is 3. The quantitative estimate of drug-likeness (QED) is 0.880. The lowest BCUT2D eigenvalue weighted by molar-refractivity contribution is 0.117.